The molecule has 2 aromatic carbocycles. The molecule has 2 aliphatic heterocycles. The number of likely N-dealkylation sites (N-methyl/N-ethyl adjacent to an activating group) is 1. The van der Waals surface area contributed by atoms with Gasteiger partial charge in [0.2, 0.25) is 6.79 Å². The number of hydrogen-bond donors (Lipinski definition) is 1. The lowest BCUT2D eigenvalue weighted by atomic mass is 9.99. The van der Waals surface area contributed by atoms with E-state index in [1.807, 2.05) is 30.3 Å². The maximum absolute atomic E-state index is 12.9. The predicted octanol–water partition coefficient (Wildman–Crippen LogP) is 3.02. The van der Waals surface area contributed by atoms with Gasteiger partial charge in [0, 0.05) is 25.6 Å². The molecule has 1 aromatic heterocycles. The Kier molecular flexibility index (Phi) is 4.44. The summed E-state index contributed by atoms with van der Waals surface area (Å²) in [6.45, 7) is 1.33. The molecule has 0 bridgehead atoms. The van der Waals surface area contributed by atoms with Crippen LogP contribution in [0.4, 0.5) is 0 Å². The highest BCUT2D eigenvalue weighted by Gasteiger charge is 2.24. The van der Waals surface area contributed by atoms with Crippen molar-refractivity contribution in [2.75, 3.05) is 20.4 Å². The topological polar surface area (TPSA) is 76.7 Å². The van der Waals surface area contributed by atoms with E-state index < -0.39 is 0 Å². The van der Waals surface area contributed by atoms with Gasteiger partial charge in [-0.05, 0) is 35.4 Å². The Morgan fingerprint density at radius 3 is 2.86 bits per heavy atom. The minimum atomic E-state index is -0.119. The number of carbonyl (C=O) groups excluding carboxylic acids is 1. The molecule has 0 saturated carbocycles. The highest BCUT2D eigenvalue weighted by Crippen LogP contribution is 2.35. The molecule has 3 heterocycles. The molecular weight excluding hydrogens is 370 g/mol. The molecule has 0 fully saturated rings. The molecule has 0 saturated heterocycles. The van der Waals surface area contributed by atoms with Gasteiger partial charge in [-0.25, -0.2) is 0 Å². The zero-order valence-electron chi connectivity index (χ0n) is 16.1. The second-order valence-electron chi connectivity index (χ2n) is 7.33. The van der Waals surface area contributed by atoms with Gasteiger partial charge in [0.25, 0.3) is 5.91 Å². The van der Waals surface area contributed by atoms with E-state index in [9.17, 15) is 4.79 Å². The molecule has 1 atom stereocenters. The molecule has 2 aliphatic rings. The van der Waals surface area contributed by atoms with Gasteiger partial charge in [-0.3, -0.25) is 9.89 Å². The normalized spacial score (nSPS) is 17.1. The van der Waals surface area contributed by atoms with Crippen LogP contribution in [-0.4, -0.2) is 47.5 Å². The van der Waals surface area contributed by atoms with Crippen LogP contribution in [0.3, 0.4) is 0 Å². The Morgan fingerprint density at radius 1 is 1.14 bits per heavy atom. The molecule has 1 unspecified atom stereocenters. The van der Waals surface area contributed by atoms with Crippen molar-refractivity contribution in [1.82, 2.24) is 15.1 Å². The van der Waals surface area contributed by atoms with Crippen LogP contribution in [-0.2, 0) is 17.8 Å². The highest BCUT2D eigenvalue weighted by molar-refractivity contribution is 5.93. The lowest BCUT2D eigenvalue weighted by molar-refractivity contribution is 0.00972. The molecule has 3 aromatic rings. The van der Waals surface area contributed by atoms with Gasteiger partial charge in [0.05, 0.1) is 18.4 Å². The van der Waals surface area contributed by atoms with Gasteiger partial charge >= 0.3 is 0 Å². The van der Waals surface area contributed by atoms with Crippen molar-refractivity contribution in [3.8, 4) is 22.8 Å². The summed E-state index contributed by atoms with van der Waals surface area (Å²) in [6.07, 6.45) is 0.786. The summed E-state index contributed by atoms with van der Waals surface area (Å²) in [5.41, 5.74) is 4.49. The third-order valence-corrected chi connectivity index (χ3v) is 5.34. The summed E-state index contributed by atoms with van der Waals surface area (Å²) in [4.78, 5) is 14.5. The first kappa shape index (κ1) is 17.8. The number of benzene rings is 2. The number of amides is 1. The number of fused-ring (bicyclic) bond motifs is 2. The second-order valence-corrected chi connectivity index (χ2v) is 7.33. The van der Waals surface area contributed by atoms with Gasteiger partial charge in [0.15, 0.2) is 11.5 Å². The molecular formula is C22H21N3O4. The summed E-state index contributed by atoms with van der Waals surface area (Å²) in [5, 5.41) is 7.14. The Balaban J connectivity index is 1.26. The van der Waals surface area contributed by atoms with Crippen molar-refractivity contribution in [1.29, 1.82) is 0 Å². The third kappa shape index (κ3) is 3.45. The number of rotatable bonds is 4. The summed E-state index contributed by atoms with van der Waals surface area (Å²) in [5.74, 6) is 1.28. The molecule has 29 heavy (non-hydrogen) atoms. The van der Waals surface area contributed by atoms with Crippen LogP contribution in [0.15, 0.2) is 48.5 Å². The molecule has 7 nitrogen and oxygen atoms in total. The molecule has 148 valence electrons. The summed E-state index contributed by atoms with van der Waals surface area (Å²) in [6, 6.07) is 15.6. The van der Waals surface area contributed by atoms with Crippen LogP contribution >= 0.6 is 0 Å². The minimum absolute atomic E-state index is 0.0184. The monoisotopic (exact) mass is 391 g/mol. The van der Waals surface area contributed by atoms with Crippen molar-refractivity contribution >= 4 is 5.91 Å². The van der Waals surface area contributed by atoms with Gasteiger partial charge in [0.1, 0.15) is 5.69 Å². The quantitative estimate of drug-likeness (QED) is 0.740. The summed E-state index contributed by atoms with van der Waals surface area (Å²) >= 11 is 0. The average molecular weight is 391 g/mol. The second kappa shape index (κ2) is 7.25. The number of aromatic amines is 1. The van der Waals surface area contributed by atoms with Gasteiger partial charge < -0.3 is 19.1 Å². The number of H-pyrrole nitrogens is 1. The average Bonchev–Trinajstić information content (AvgIpc) is 3.42. The van der Waals surface area contributed by atoms with E-state index in [1.54, 1.807) is 18.0 Å². The fourth-order valence-corrected chi connectivity index (χ4v) is 3.76. The Hall–Kier alpha value is -3.32. The molecule has 0 spiro atoms. The van der Waals surface area contributed by atoms with Crippen molar-refractivity contribution < 1.29 is 19.0 Å². The molecule has 0 radical (unpaired) electrons. The third-order valence-electron chi connectivity index (χ3n) is 5.34. The number of hydrogen-bond acceptors (Lipinski definition) is 5. The van der Waals surface area contributed by atoms with Crippen LogP contribution in [0.5, 0.6) is 11.5 Å². The number of nitrogens with one attached hydrogen (secondary N) is 1. The van der Waals surface area contributed by atoms with Crippen LogP contribution in [0, 0.1) is 0 Å². The first-order valence-corrected chi connectivity index (χ1v) is 9.56. The van der Waals surface area contributed by atoms with Crippen LogP contribution < -0.4 is 9.47 Å². The van der Waals surface area contributed by atoms with E-state index in [0.29, 0.717) is 30.3 Å². The van der Waals surface area contributed by atoms with Crippen LogP contribution in [0.1, 0.15) is 21.6 Å². The highest BCUT2D eigenvalue weighted by atomic mass is 16.7. The molecule has 1 N–H and O–H groups in total. The lowest BCUT2D eigenvalue weighted by Crippen LogP contribution is -2.38. The molecule has 5 rings (SSSR count). The van der Waals surface area contributed by atoms with Crippen LogP contribution in [0.2, 0.25) is 0 Å². The Morgan fingerprint density at radius 2 is 1.97 bits per heavy atom. The smallest absolute Gasteiger partial charge is 0.271 e. The van der Waals surface area contributed by atoms with E-state index in [-0.39, 0.29) is 18.8 Å². The maximum Gasteiger partial charge on any atom is 0.271 e. The number of ether oxygens (including phenoxy) is 3. The van der Waals surface area contributed by atoms with Crippen molar-refractivity contribution in [3.63, 3.8) is 0 Å². The van der Waals surface area contributed by atoms with Crippen molar-refractivity contribution in [2.24, 2.45) is 0 Å². The number of aromatic nitrogens is 2. The van der Waals surface area contributed by atoms with E-state index in [0.717, 1.165) is 17.7 Å². The first-order chi connectivity index (χ1) is 14.2. The van der Waals surface area contributed by atoms with Gasteiger partial charge in [-0.2, -0.15) is 5.10 Å². The van der Waals surface area contributed by atoms with E-state index in [4.69, 9.17) is 14.2 Å². The standard InChI is InChI=1S/C22H21N3O4/c1-25(11-17-8-14-4-2-3-5-16(14)12-27-17)22(26)19-10-18(23-24-19)15-6-7-20-21(9-15)29-13-28-20/h2-7,9-10,17H,8,11-13H2,1H3,(H,23,24). The lowest BCUT2D eigenvalue weighted by Gasteiger charge is -2.28. The first-order valence-electron chi connectivity index (χ1n) is 9.56. The zero-order valence-corrected chi connectivity index (χ0v) is 16.1. The predicted molar refractivity (Wildman–Crippen MR) is 106 cm³/mol. The van der Waals surface area contributed by atoms with Gasteiger partial charge in [-0.15, -0.1) is 0 Å². The van der Waals surface area contributed by atoms with E-state index in [1.165, 1.54) is 11.1 Å². The SMILES string of the molecule is CN(CC1Cc2ccccc2CO1)C(=O)c1cc(-c2ccc3c(c2)OCO3)n[nH]1. The molecule has 1 amide bonds. The van der Waals surface area contributed by atoms with Crippen molar-refractivity contribution in [3.05, 3.63) is 65.4 Å². The fourth-order valence-electron chi connectivity index (χ4n) is 3.76. The molecule has 0 aliphatic carbocycles. The van der Waals surface area contributed by atoms with E-state index in [2.05, 4.69) is 22.3 Å². The van der Waals surface area contributed by atoms with Gasteiger partial charge in [-0.1, -0.05) is 24.3 Å². The number of carbonyl (C=O) groups is 1. The summed E-state index contributed by atoms with van der Waals surface area (Å²) < 4.78 is 16.7. The Labute approximate surface area is 168 Å². The molecule has 7 heteroatoms. The largest absolute Gasteiger partial charge is 0.454 e. The van der Waals surface area contributed by atoms with E-state index >= 15 is 0 Å². The summed E-state index contributed by atoms with van der Waals surface area (Å²) in [7, 11) is 1.79. The number of nitrogens with zero attached hydrogens (tertiary/aromatic N) is 2. The van der Waals surface area contributed by atoms with Crippen LogP contribution in [0.25, 0.3) is 11.3 Å². The Bertz CT molecular complexity index is 1060. The zero-order chi connectivity index (χ0) is 19.8. The fraction of sp³-hybridized carbons (Fsp3) is 0.273. The minimum Gasteiger partial charge on any atom is -0.454 e. The van der Waals surface area contributed by atoms with Crippen molar-refractivity contribution in [2.45, 2.75) is 19.1 Å². The maximum atomic E-state index is 12.9.